The number of benzene rings is 5. The summed E-state index contributed by atoms with van der Waals surface area (Å²) < 4.78 is 38.5. The van der Waals surface area contributed by atoms with Crippen molar-refractivity contribution in [1.82, 2.24) is 0 Å². The standard InChI is InChI=1S/C31H22F3NS/c1-20(36-30-5-3-2-4-29(30)35)24-10-11-27-19-25(12-13-26(27)18-24)23-8-6-21(7-9-23)22-14-16-28(17-15-22)31(32,33)34/h2-19H,1,35H2. The summed E-state index contributed by atoms with van der Waals surface area (Å²) in [5.74, 6) is 0. The van der Waals surface area contributed by atoms with Crippen molar-refractivity contribution in [3.8, 4) is 22.3 Å². The lowest BCUT2D eigenvalue weighted by Crippen LogP contribution is -2.03. The second kappa shape index (κ2) is 9.59. The first-order chi connectivity index (χ1) is 17.3. The van der Waals surface area contributed by atoms with Crippen LogP contribution in [0.4, 0.5) is 18.9 Å². The molecule has 0 aliphatic carbocycles. The highest BCUT2D eigenvalue weighted by atomic mass is 32.2. The molecule has 5 aromatic carbocycles. The lowest BCUT2D eigenvalue weighted by molar-refractivity contribution is -0.137. The number of halogens is 3. The SMILES string of the molecule is C=C(Sc1ccccc1N)c1ccc2cc(-c3ccc(-c4ccc(C(F)(F)F)cc4)cc3)ccc2c1. The molecule has 0 aliphatic rings. The fraction of sp³-hybridized carbons (Fsp3) is 0.0323. The maximum atomic E-state index is 12.8. The highest BCUT2D eigenvalue weighted by Gasteiger charge is 2.29. The molecule has 0 aliphatic heterocycles. The normalized spacial score (nSPS) is 11.5. The van der Waals surface area contributed by atoms with Crippen LogP contribution in [0.3, 0.4) is 0 Å². The van der Waals surface area contributed by atoms with Gasteiger partial charge in [-0.15, -0.1) is 0 Å². The van der Waals surface area contributed by atoms with Gasteiger partial charge >= 0.3 is 6.18 Å². The minimum atomic E-state index is -4.33. The van der Waals surface area contributed by atoms with Crippen LogP contribution >= 0.6 is 11.8 Å². The molecule has 5 heteroatoms. The van der Waals surface area contributed by atoms with Crippen molar-refractivity contribution in [3.05, 3.63) is 127 Å². The van der Waals surface area contributed by atoms with E-state index in [2.05, 4.69) is 43.0 Å². The molecule has 1 nitrogen and oxygen atoms in total. The van der Waals surface area contributed by atoms with Crippen LogP contribution < -0.4 is 5.73 Å². The van der Waals surface area contributed by atoms with Crippen LogP contribution in [-0.4, -0.2) is 0 Å². The van der Waals surface area contributed by atoms with Crippen molar-refractivity contribution in [3.63, 3.8) is 0 Å². The van der Waals surface area contributed by atoms with Gasteiger partial charge in [0.1, 0.15) is 0 Å². The Balaban J connectivity index is 1.35. The first-order valence-electron chi connectivity index (χ1n) is 11.3. The number of anilines is 1. The Kier molecular flexibility index (Phi) is 6.33. The molecule has 0 unspecified atom stereocenters. The zero-order valence-electron chi connectivity index (χ0n) is 19.2. The van der Waals surface area contributed by atoms with Crippen molar-refractivity contribution < 1.29 is 13.2 Å². The summed E-state index contributed by atoms with van der Waals surface area (Å²) in [6.45, 7) is 4.23. The maximum Gasteiger partial charge on any atom is 0.416 e. The van der Waals surface area contributed by atoms with Crippen molar-refractivity contribution in [2.75, 3.05) is 5.73 Å². The molecule has 0 heterocycles. The molecule has 0 saturated heterocycles. The van der Waals surface area contributed by atoms with Crippen LogP contribution in [0.1, 0.15) is 11.1 Å². The van der Waals surface area contributed by atoms with Crippen LogP contribution in [0.25, 0.3) is 37.9 Å². The summed E-state index contributed by atoms with van der Waals surface area (Å²) in [5.41, 5.74) is 10.9. The fourth-order valence-electron chi connectivity index (χ4n) is 4.07. The Morgan fingerprint density at radius 1 is 0.639 bits per heavy atom. The summed E-state index contributed by atoms with van der Waals surface area (Å²) in [6, 6.07) is 33.4. The largest absolute Gasteiger partial charge is 0.416 e. The summed E-state index contributed by atoms with van der Waals surface area (Å²) in [4.78, 5) is 1.91. The monoisotopic (exact) mass is 497 g/mol. The summed E-state index contributed by atoms with van der Waals surface area (Å²) in [7, 11) is 0. The van der Waals surface area contributed by atoms with Gasteiger partial charge in [0.05, 0.1) is 5.56 Å². The van der Waals surface area contributed by atoms with Crippen molar-refractivity contribution in [2.45, 2.75) is 11.1 Å². The van der Waals surface area contributed by atoms with Gasteiger partial charge in [0, 0.05) is 15.5 Å². The van der Waals surface area contributed by atoms with E-state index in [4.69, 9.17) is 5.73 Å². The van der Waals surface area contributed by atoms with E-state index in [1.54, 1.807) is 11.8 Å². The molecule has 0 amide bonds. The van der Waals surface area contributed by atoms with E-state index in [0.717, 1.165) is 66.2 Å². The third-order valence-corrected chi connectivity index (χ3v) is 7.15. The summed E-state index contributed by atoms with van der Waals surface area (Å²) in [5, 5.41) is 2.22. The van der Waals surface area contributed by atoms with Gasteiger partial charge in [0.25, 0.3) is 0 Å². The van der Waals surface area contributed by atoms with Gasteiger partial charge < -0.3 is 5.73 Å². The van der Waals surface area contributed by atoms with Crippen LogP contribution in [-0.2, 0) is 6.18 Å². The highest BCUT2D eigenvalue weighted by Crippen LogP contribution is 2.37. The molecule has 5 aromatic rings. The fourth-order valence-corrected chi connectivity index (χ4v) is 4.91. The number of rotatable bonds is 5. The average Bonchev–Trinajstić information content (AvgIpc) is 2.89. The van der Waals surface area contributed by atoms with E-state index >= 15 is 0 Å². The molecule has 36 heavy (non-hydrogen) atoms. The van der Waals surface area contributed by atoms with Gasteiger partial charge in [0.15, 0.2) is 0 Å². The number of thioether (sulfide) groups is 1. The number of para-hydroxylation sites is 1. The number of hydrogen-bond acceptors (Lipinski definition) is 2. The van der Waals surface area contributed by atoms with Crippen molar-refractivity contribution in [2.24, 2.45) is 0 Å². The average molecular weight is 498 g/mol. The van der Waals surface area contributed by atoms with Gasteiger partial charge in [-0.2, -0.15) is 13.2 Å². The number of alkyl halides is 3. The molecule has 0 aromatic heterocycles. The molecule has 178 valence electrons. The molecule has 0 radical (unpaired) electrons. The topological polar surface area (TPSA) is 26.0 Å². The molecule has 2 N–H and O–H groups in total. The maximum absolute atomic E-state index is 12.8. The Morgan fingerprint density at radius 2 is 1.17 bits per heavy atom. The van der Waals surface area contributed by atoms with Crippen molar-refractivity contribution in [1.29, 1.82) is 0 Å². The minimum Gasteiger partial charge on any atom is -0.398 e. The molecule has 5 rings (SSSR count). The smallest absolute Gasteiger partial charge is 0.398 e. The summed E-state index contributed by atoms with van der Waals surface area (Å²) in [6.07, 6.45) is -4.33. The summed E-state index contributed by atoms with van der Waals surface area (Å²) >= 11 is 1.56. The van der Waals surface area contributed by atoms with Gasteiger partial charge in [-0.05, 0) is 75.0 Å². The molecular weight excluding hydrogens is 475 g/mol. The third-order valence-electron chi connectivity index (χ3n) is 6.08. The minimum absolute atomic E-state index is 0.645. The third kappa shape index (κ3) is 5.02. The zero-order chi connectivity index (χ0) is 25.3. The first kappa shape index (κ1) is 23.8. The van der Waals surface area contributed by atoms with E-state index in [1.807, 2.05) is 48.5 Å². The lowest BCUT2D eigenvalue weighted by atomic mass is 9.97. The zero-order valence-corrected chi connectivity index (χ0v) is 20.0. The predicted molar refractivity (Wildman–Crippen MR) is 146 cm³/mol. The number of nitrogens with two attached hydrogens (primary N) is 1. The molecule has 0 spiro atoms. The van der Waals surface area contributed by atoms with Gasteiger partial charge in [0.2, 0.25) is 0 Å². The van der Waals surface area contributed by atoms with Gasteiger partial charge in [-0.1, -0.05) is 91.1 Å². The van der Waals surface area contributed by atoms with Gasteiger partial charge in [-0.3, -0.25) is 0 Å². The quantitative estimate of drug-likeness (QED) is 0.193. The Labute approximate surface area is 212 Å². The van der Waals surface area contributed by atoms with E-state index in [-0.39, 0.29) is 0 Å². The second-order valence-electron chi connectivity index (χ2n) is 8.49. The van der Waals surface area contributed by atoms with Crippen LogP contribution in [0.5, 0.6) is 0 Å². The van der Waals surface area contributed by atoms with Crippen LogP contribution in [0.2, 0.25) is 0 Å². The first-order valence-corrected chi connectivity index (χ1v) is 12.1. The molecule has 0 fully saturated rings. The number of nitrogen functional groups attached to an aromatic ring is 1. The molecule has 0 atom stereocenters. The van der Waals surface area contributed by atoms with Crippen molar-refractivity contribution >= 4 is 33.1 Å². The lowest BCUT2D eigenvalue weighted by Gasteiger charge is -2.11. The van der Waals surface area contributed by atoms with Gasteiger partial charge in [-0.25, -0.2) is 0 Å². The van der Waals surface area contributed by atoms with Crippen LogP contribution in [0.15, 0.2) is 121 Å². The molecular formula is C31H22F3NS. The van der Waals surface area contributed by atoms with E-state index in [0.29, 0.717) is 0 Å². The Bertz CT molecular complexity index is 1550. The molecule has 0 bridgehead atoms. The molecule has 0 saturated carbocycles. The van der Waals surface area contributed by atoms with E-state index in [1.165, 1.54) is 12.1 Å². The number of hydrogen-bond donors (Lipinski definition) is 1. The predicted octanol–water partition coefficient (Wildman–Crippen LogP) is 9.54. The van der Waals surface area contributed by atoms with E-state index in [9.17, 15) is 13.2 Å². The second-order valence-corrected chi connectivity index (χ2v) is 9.63. The van der Waals surface area contributed by atoms with E-state index < -0.39 is 11.7 Å². The number of fused-ring (bicyclic) bond motifs is 1. The Hall–Kier alpha value is -3.96. The Morgan fingerprint density at radius 3 is 1.81 bits per heavy atom. The van der Waals surface area contributed by atoms with Crippen LogP contribution in [0, 0.1) is 0 Å². The highest BCUT2D eigenvalue weighted by molar-refractivity contribution is 8.08.